The molecule has 1 N–H and O–H groups in total. The molecule has 1 aliphatic rings. The average molecular weight is 389 g/mol. The maximum Gasteiger partial charge on any atom is 0.276 e. The number of carbonyl (C=O) groups is 1. The summed E-state index contributed by atoms with van der Waals surface area (Å²) in [5, 5.41) is 3.83. The molecule has 7 heteroatoms. The van der Waals surface area contributed by atoms with Gasteiger partial charge >= 0.3 is 0 Å². The fourth-order valence-electron chi connectivity index (χ4n) is 2.51. The number of thiocarbonyl (C=S) groups is 1. The van der Waals surface area contributed by atoms with Crippen molar-refractivity contribution in [3.05, 3.63) is 64.3 Å². The Morgan fingerprint density at radius 3 is 2.65 bits per heavy atom. The molecule has 2 aromatic rings. The van der Waals surface area contributed by atoms with Gasteiger partial charge in [-0.15, -0.1) is 0 Å². The van der Waals surface area contributed by atoms with Crippen molar-refractivity contribution in [2.75, 3.05) is 14.2 Å². The first-order valence-corrected chi connectivity index (χ1v) is 8.63. The van der Waals surface area contributed by atoms with Crippen molar-refractivity contribution in [3.8, 4) is 11.5 Å². The summed E-state index contributed by atoms with van der Waals surface area (Å²) in [6, 6.07) is 12.9. The molecule has 2 aromatic carbocycles. The number of hydrogen-bond acceptors (Lipinski definition) is 4. The first kappa shape index (κ1) is 18.2. The van der Waals surface area contributed by atoms with Crippen molar-refractivity contribution in [3.63, 3.8) is 0 Å². The fourth-order valence-corrected chi connectivity index (χ4v) is 2.89. The zero-order valence-corrected chi connectivity index (χ0v) is 15.9. The van der Waals surface area contributed by atoms with E-state index in [0.29, 0.717) is 27.3 Å². The number of para-hydroxylation sites is 1. The maximum atomic E-state index is 12.1. The highest BCUT2D eigenvalue weighted by Gasteiger charge is 2.26. The number of ether oxygens (including phenoxy) is 2. The van der Waals surface area contributed by atoms with E-state index >= 15 is 0 Å². The van der Waals surface area contributed by atoms with E-state index < -0.39 is 0 Å². The molecule has 0 aliphatic carbocycles. The lowest BCUT2D eigenvalue weighted by Crippen LogP contribution is -2.25. The Morgan fingerprint density at radius 1 is 1.23 bits per heavy atom. The molecule has 0 aromatic heterocycles. The van der Waals surface area contributed by atoms with Gasteiger partial charge in [-0.2, -0.15) is 0 Å². The molecule has 1 amide bonds. The molecule has 3 rings (SSSR count). The van der Waals surface area contributed by atoms with Crippen LogP contribution >= 0.6 is 23.8 Å². The molecule has 1 saturated heterocycles. The molecular formula is C19H17ClN2O3S. The summed E-state index contributed by atoms with van der Waals surface area (Å²) in [4.78, 5) is 13.5. The number of benzene rings is 2. The first-order chi connectivity index (χ1) is 12.5. The second-order valence-electron chi connectivity index (χ2n) is 5.64. The molecule has 0 unspecified atom stereocenters. The third kappa shape index (κ3) is 3.81. The minimum atomic E-state index is -0.167. The minimum absolute atomic E-state index is 0.167. The number of methoxy groups -OCH3 is 1. The van der Waals surface area contributed by atoms with E-state index in [0.717, 1.165) is 11.1 Å². The summed E-state index contributed by atoms with van der Waals surface area (Å²) < 4.78 is 11.2. The van der Waals surface area contributed by atoms with Gasteiger partial charge in [0.15, 0.2) is 5.11 Å². The lowest BCUT2D eigenvalue weighted by Gasteiger charge is -2.12. The SMILES string of the molecule is COc1ccc(/C=C2/NC(=S)N(C)C2=O)cc1COc1ccccc1Cl. The summed E-state index contributed by atoms with van der Waals surface area (Å²) in [7, 11) is 3.23. The monoisotopic (exact) mass is 388 g/mol. The molecule has 134 valence electrons. The van der Waals surface area contributed by atoms with E-state index in [2.05, 4.69) is 5.32 Å². The quantitative estimate of drug-likeness (QED) is 0.626. The number of halogens is 1. The Labute approximate surface area is 162 Å². The van der Waals surface area contributed by atoms with Crippen LogP contribution in [0, 0.1) is 0 Å². The van der Waals surface area contributed by atoms with E-state index in [-0.39, 0.29) is 12.5 Å². The van der Waals surface area contributed by atoms with Gasteiger partial charge in [0.05, 0.1) is 12.1 Å². The Bertz CT molecular complexity index is 898. The van der Waals surface area contributed by atoms with Gasteiger partial charge in [0.25, 0.3) is 5.91 Å². The van der Waals surface area contributed by atoms with Crippen LogP contribution in [-0.4, -0.2) is 30.1 Å². The zero-order chi connectivity index (χ0) is 18.7. The highest BCUT2D eigenvalue weighted by molar-refractivity contribution is 7.80. The Hall–Kier alpha value is -2.57. The average Bonchev–Trinajstić information content (AvgIpc) is 2.88. The van der Waals surface area contributed by atoms with Crippen molar-refractivity contribution in [2.45, 2.75) is 6.61 Å². The zero-order valence-electron chi connectivity index (χ0n) is 14.3. The highest BCUT2D eigenvalue weighted by Crippen LogP contribution is 2.27. The van der Waals surface area contributed by atoms with Crippen molar-refractivity contribution in [1.82, 2.24) is 10.2 Å². The molecule has 0 saturated carbocycles. The normalized spacial score (nSPS) is 15.3. The van der Waals surface area contributed by atoms with Gasteiger partial charge in [-0.05, 0) is 48.1 Å². The maximum absolute atomic E-state index is 12.1. The van der Waals surface area contributed by atoms with Gasteiger partial charge in [-0.25, -0.2) is 0 Å². The Balaban J connectivity index is 1.84. The third-order valence-corrected chi connectivity index (χ3v) is 4.60. The number of hydrogen-bond donors (Lipinski definition) is 1. The molecule has 0 bridgehead atoms. The van der Waals surface area contributed by atoms with Crippen molar-refractivity contribution in [1.29, 1.82) is 0 Å². The predicted octanol–water partition coefficient (Wildman–Crippen LogP) is 3.62. The molecule has 5 nitrogen and oxygen atoms in total. The lowest BCUT2D eigenvalue weighted by atomic mass is 10.1. The third-order valence-electron chi connectivity index (χ3n) is 3.92. The number of likely N-dealkylation sites (N-methyl/N-ethyl adjacent to an activating group) is 1. The second-order valence-corrected chi connectivity index (χ2v) is 6.44. The van der Waals surface area contributed by atoms with Crippen LogP contribution in [0.25, 0.3) is 6.08 Å². The van der Waals surface area contributed by atoms with E-state index in [1.165, 1.54) is 4.90 Å². The van der Waals surface area contributed by atoms with Gasteiger partial charge < -0.3 is 14.8 Å². The number of amides is 1. The van der Waals surface area contributed by atoms with E-state index in [9.17, 15) is 4.79 Å². The van der Waals surface area contributed by atoms with Crippen LogP contribution in [0.5, 0.6) is 11.5 Å². The number of nitrogens with zero attached hydrogens (tertiary/aromatic N) is 1. The molecular weight excluding hydrogens is 372 g/mol. The van der Waals surface area contributed by atoms with Crippen LogP contribution in [-0.2, 0) is 11.4 Å². The van der Waals surface area contributed by atoms with Crippen LogP contribution in [0.2, 0.25) is 5.02 Å². The second kappa shape index (κ2) is 7.76. The molecule has 0 atom stereocenters. The van der Waals surface area contributed by atoms with Crippen LogP contribution in [0.15, 0.2) is 48.2 Å². The molecule has 26 heavy (non-hydrogen) atoms. The highest BCUT2D eigenvalue weighted by atomic mass is 35.5. The molecule has 1 fully saturated rings. The van der Waals surface area contributed by atoms with Crippen molar-refractivity contribution >= 4 is 40.9 Å². The largest absolute Gasteiger partial charge is 0.496 e. The van der Waals surface area contributed by atoms with Crippen LogP contribution in [0.4, 0.5) is 0 Å². The summed E-state index contributed by atoms with van der Waals surface area (Å²) in [5.41, 5.74) is 2.10. The van der Waals surface area contributed by atoms with Crippen molar-refractivity contribution < 1.29 is 14.3 Å². The molecule has 1 heterocycles. The van der Waals surface area contributed by atoms with Crippen LogP contribution in [0.3, 0.4) is 0 Å². The molecule has 0 spiro atoms. The topological polar surface area (TPSA) is 50.8 Å². The first-order valence-electron chi connectivity index (χ1n) is 7.84. The predicted molar refractivity (Wildman–Crippen MR) is 105 cm³/mol. The van der Waals surface area contributed by atoms with E-state index in [1.54, 1.807) is 32.4 Å². The minimum Gasteiger partial charge on any atom is -0.496 e. The summed E-state index contributed by atoms with van der Waals surface area (Å²) in [6.45, 7) is 0.281. The van der Waals surface area contributed by atoms with Crippen molar-refractivity contribution in [2.24, 2.45) is 0 Å². The lowest BCUT2D eigenvalue weighted by molar-refractivity contribution is -0.121. The number of carbonyl (C=O) groups excluding carboxylic acids is 1. The Morgan fingerprint density at radius 2 is 2.00 bits per heavy atom. The summed E-state index contributed by atoms with van der Waals surface area (Å²) in [6.07, 6.45) is 1.75. The molecule has 0 radical (unpaired) electrons. The standard InChI is InChI=1S/C19H17ClN2O3S/c1-22-18(23)15(21-19(22)26)10-12-7-8-16(24-2)13(9-12)11-25-17-6-4-3-5-14(17)20/h3-10H,11H2,1-2H3,(H,21,26)/b15-10+. The van der Waals surface area contributed by atoms with E-state index in [4.69, 9.17) is 33.3 Å². The van der Waals surface area contributed by atoms with E-state index in [1.807, 2.05) is 30.3 Å². The van der Waals surface area contributed by atoms with Gasteiger partial charge in [-0.3, -0.25) is 9.69 Å². The Kier molecular flexibility index (Phi) is 5.44. The fraction of sp³-hybridized carbons (Fsp3) is 0.158. The molecule has 1 aliphatic heterocycles. The van der Waals surface area contributed by atoms with Crippen LogP contribution < -0.4 is 14.8 Å². The van der Waals surface area contributed by atoms with Crippen LogP contribution in [0.1, 0.15) is 11.1 Å². The van der Waals surface area contributed by atoms with Gasteiger partial charge in [-0.1, -0.05) is 29.8 Å². The van der Waals surface area contributed by atoms with Gasteiger partial charge in [0.2, 0.25) is 0 Å². The summed E-state index contributed by atoms with van der Waals surface area (Å²) >= 11 is 11.2. The van der Waals surface area contributed by atoms with Gasteiger partial charge in [0.1, 0.15) is 23.8 Å². The number of rotatable bonds is 5. The number of nitrogens with one attached hydrogen (secondary N) is 1. The van der Waals surface area contributed by atoms with Gasteiger partial charge in [0, 0.05) is 12.6 Å². The smallest absolute Gasteiger partial charge is 0.276 e. The summed E-state index contributed by atoms with van der Waals surface area (Å²) in [5.74, 6) is 1.12.